The van der Waals surface area contributed by atoms with Gasteiger partial charge in [0, 0.05) is 6.04 Å². The van der Waals surface area contributed by atoms with E-state index in [2.05, 4.69) is 6.58 Å². The normalized spacial score (nSPS) is 11.5. The molecule has 0 aromatic heterocycles. The van der Waals surface area contributed by atoms with Crippen molar-refractivity contribution in [1.29, 1.82) is 0 Å². The lowest BCUT2D eigenvalue weighted by atomic mass is 10.1. The van der Waals surface area contributed by atoms with E-state index in [1.807, 2.05) is 6.07 Å². The second kappa shape index (κ2) is 5.73. The summed E-state index contributed by atoms with van der Waals surface area (Å²) in [4.78, 5) is 0. The largest absolute Gasteiger partial charge is 0.324 e. The number of halogens is 2. The van der Waals surface area contributed by atoms with Crippen molar-refractivity contribution in [1.82, 2.24) is 0 Å². The van der Waals surface area contributed by atoms with E-state index in [9.17, 15) is 4.39 Å². The van der Waals surface area contributed by atoms with Gasteiger partial charge in [0.25, 0.3) is 0 Å². The first-order valence-electron chi connectivity index (χ1n) is 3.86. The summed E-state index contributed by atoms with van der Waals surface area (Å²) < 4.78 is 12.7. The lowest BCUT2D eigenvalue weighted by Gasteiger charge is -2.08. The molecule has 1 atom stereocenters. The van der Waals surface area contributed by atoms with Gasteiger partial charge in [-0.15, -0.1) is 19.0 Å². The molecular weight excluding hydrogens is 189 g/mol. The van der Waals surface area contributed by atoms with Crippen molar-refractivity contribution >= 4 is 12.4 Å². The van der Waals surface area contributed by atoms with E-state index in [4.69, 9.17) is 5.73 Å². The van der Waals surface area contributed by atoms with Crippen molar-refractivity contribution in [2.45, 2.75) is 12.5 Å². The second-order valence-electron chi connectivity index (χ2n) is 2.69. The smallest absolute Gasteiger partial charge is 0.123 e. The van der Waals surface area contributed by atoms with Crippen LogP contribution in [0.2, 0.25) is 0 Å². The fourth-order valence-corrected chi connectivity index (χ4v) is 1.05. The third-order valence-corrected chi connectivity index (χ3v) is 1.70. The molecule has 3 heteroatoms. The summed E-state index contributed by atoms with van der Waals surface area (Å²) in [6, 6.07) is 6.20. The van der Waals surface area contributed by atoms with Gasteiger partial charge in [0.2, 0.25) is 0 Å². The Hall–Kier alpha value is -0.860. The molecule has 1 aromatic carbocycles. The summed E-state index contributed by atoms with van der Waals surface area (Å²) >= 11 is 0. The first kappa shape index (κ1) is 12.1. The van der Waals surface area contributed by atoms with Crippen molar-refractivity contribution in [3.8, 4) is 0 Å². The zero-order valence-corrected chi connectivity index (χ0v) is 8.06. The van der Waals surface area contributed by atoms with Crippen LogP contribution in [0.15, 0.2) is 36.9 Å². The molecule has 0 saturated carbocycles. The minimum absolute atomic E-state index is 0. The first-order valence-corrected chi connectivity index (χ1v) is 3.86. The molecule has 0 radical (unpaired) electrons. The fourth-order valence-electron chi connectivity index (χ4n) is 1.05. The van der Waals surface area contributed by atoms with E-state index in [0.29, 0.717) is 6.42 Å². The summed E-state index contributed by atoms with van der Waals surface area (Å²) in [6.07, 6.45) is 2.40. The van der Waals surface area contributed by atoms with E-state index in [0.717, 1.165) is 5.56 Å². The molecule has 2 N–H and O–H groups in total. The summed E-state index contributed by atoms with van der Waals surface area (Å²) in [5.74, 6) is -0.244. The number of nitrogens with two attached hydrogens (primary N) is 1. The maximum atomic E-state index is 12.7. The van der Waals surface area contributed by atoms with Gasteiger partial charge in [0.05, 0.1) is 0 Å². The van der Waals surface area contributed by atoms with Gasteiger partial charge in [0.1, 0.15) is 5.82 Å². The molecule has 72 valence electrons. The van der Waals surface area contributed by atoms with Crippen LogP contribution in [-0.2, 0) is 0 Å². The van der Waals surface area contributed by atoms with E-state index >= 15 is 0 Å². The van der Waals surface area contributed by atoms with Crippen molar-refractivity contribution in [3.63, 3.8) is 0 Å². The molecule has 0 heterocycles. The average molecular weight is 202 g/mol. The molecule has 0 aliphatic rings. The monoisotopic (exact) mass is 201 g/mol. The highest BCUT2D eigenvalue weighted by atomic mass is 35.5. The first-order chi connectivity index (χ1) is 5.74. The Bertz CT molecular complexity index is 275. The minimum atomic E-state index is -0.244. The van der Waals surface area contributed by atoms with Gasteiger partial charge in [-0.1, -0.05) is 18.2 Å². The molecule has 1 nitrogen and oxygen atoms in total. The standard InChI is InChI=1S/C10H12FN.ClH/c1-2-4-10(12)8-5-3-6-9(11)7-8;/h2-3,5-7,10H,1,4,12H2;1H/t10-;/m0./s1. The Morgan fingerprint density at radius 3 is 2.77 bits per heavy atom. The van der Waals surface area contributed by atoms with E-state index in [1.165, 1.54) is 12.1 Å². The van der Waals surface area contributed by atoms with Crippen LogP contribution in [0.1, 0.15) is 18.0 Å². The van der Waals surface area contributed by atoms with Gasteiger partial charge in [0.15, 0.2) is 0 Å². The molecule has 1 rings (SSSR count). The van der Waals surface area contributed by atoms with Crippen LogP contribution in [0.25, 0.3) is 0 Å². The topological polar surface area (TPSA) is 26.0 Å². The average Bonchev–Trinajstić information content (AvgIpc) is 2.05. The van der Waals surface area contributed by atoms with Crippen LogP contribution in [0.4, 0.5) is 4.39 Å². The molecule has 0 aliphatic carbocycles. The molecule has 0 amide bonds. The molecule has 0 saturated heterocycles. The summed E-state index contributed by atoms with van der Waals surface area (Å²) in [5.41, 5.74) is 6.55. The quantitative estimate of drug-likeness (QED) is 0.748. The lowest BCUT2D eigenvalue weighted by Crippen LogP contribution is -2.08. The predicted molar refractivity (Wildman–Crippen MR) is 55.4 cm³/mol. The minimum Gasteiger partial charge on any atom is -0.324 e. The summed E-state index contributed by atoms with van der Waals surface area (Å²) in [5, 5.41) is 0. The lowest BCUT2D eigenvalue weighted by molar-refractivity contribution is 0.619. The highest BCUT2D eigenvalue weighted by Crippen LogP contribution is 2.14. The van der Waals surface area contributed by atoms with E-state index < -0.39 is 0 Å². The van der Waals surface area contributed by atoms with Crippen LogP contribution in [-0.4, -0.2) is 0 Å². The number of hydrogen-bond donors (Lipinski definition) is 1. The van der Waals surface area contributed by atoms with Crippen molar-refractivity contribution in [2.75, 3.05) is 0 Å². The molecular formula is C10H13ClFN. The van der Waals surface area contributed by atoms with Crippen LogP contribution < -0.4 is 5.73 Å². The zero-order valence-electron chi connectivity index (χ0n) is 7.24. The molecule has 0 aliphatic heterocycles. The summed E-state index contributed by atoms with van der Waals surface area (Å²) in [7, 11) is 0. The maximum absolute atomic E-state index is 12.7. The molecule has 0 bridgehead atoms. The van der Waals surface area contributed by atoms with Gasteiger partial charge in [-0.3, -0.25) is 0 Å². The van der Waals surface area contributed by atoms with Crippen molar-refractivity contribution < 1.29 is 4.39 Å². The van der Waals surface area contributed by atoms with Crippen molar-refractivity contribution in [3.05, 3.63) is 48.3 Å². The van der Waals surface area contributed by atoms with Crippen LogP contribution in [0.5, 0.6) is 0 Å². The third-order valence-electron chi connectivity index (χ3n) is 1.70. The van der Waals surface area contributed by atoms with Crippen LogP contribution in [0.3, 0.4) is 0 Å². The molecule has 1 aromatic rings. The molecule has 0 fully saturated rings. The highest BCUT2D eigenvalue weighted by Gasteiger charge is 2.03. The third kappa shape index (κ3) is 3.57. The van der Waals surface area contributed by atoms with E-state index in [1.54, 1.807) is 12.1 Å². The maximum Gasteiger partial charge on any atom is 0.123 e. The van der Waals surface area contributed by atoms with Gasteiger partial charge in [-0.25, -0.2) is 4.39 Å². The number of benzene rings is 1. The zero-order chi connectivity index (χ0) is 8.97. The second-order valence-corrected chi connectivity index (χ2v) is 2.69. The molecule has 0 unspecified atom stereocenters. The van der Waals surface area contributed by atoms with Crippen LogP contribution >= 0.6 is 12.4 Å². The fraction of sp³-hybridized carbons (Fsp3) is 0.200. The Labute approximate surface area is 83.9 Å². The number of rotatable bonds is 3. The highest BCUT2D eigenvalue weighted by molar-refractivity contribution is 5.85. The van der Waals surface area contributed by atoms with E-state index in [-0.39, 0.29) is 24.3 Å². The van der Waals surface area contributed by atoms with Gasteiger partial charge >= 0.3 is 0 Å². The molecule has 13 heavy (non-hydrogen) atoms. The Morgan fingerprint density at radius 2 is 2.23 bits per heavy atom. The Balaban J connectivity index is 0.00000144. The predicted octanol–water partition coefficient (Wildman–Crippen LogP) is 2.82. The van der Waals surface area contributed by atoms with Gasteiger partial charge in [-0.2, -0.15) is 0 Å². The van der Waals surface area contributed by atoms with Crippen LogP contribution in [0, 0.1) is 5.82 Å². The summed E-state index contributed by atoms with van der Waals surface area (Å²) in [6.45, 7) is 3.57. The Morgan fingerprint density at radius 1 is 1.54 bits per heavy atom. The Kier molecular flexibility index (Phi) is 5.35. The molecule has 0 spiro atoms. The van der Waals surface area contributed by atoms with Gasteiger partial charge in [-0.05, 0) is 24.1 Å². The SMILES string of the molecule is C=CC[C@H](N)c1cccc(F)c1.Cl. The van der Waals surface area contributed by atoms with Gasteiger partial charge < -0.3 is 5.73 Å². The van der Waals surface area contributed by atoms with Crippen molar-refractivity contribution in [2.24, 2.45) is 5.73 Å². The number of hydrogen-bond acceptors (Lipinski definition) is 1.